The van der Waals surface area contributed by atoms with Gasteiger partial charge in [-0.15, -0.1) is 11.6 Å². The van der Waals surface area contributed by atoms with Crippen LogP contribution in [0, 0.1) is 0 Å². The van der Waals surface area contributed by atoms with Crippen molar-refractivity contribution in [2.45, 2.75) is 6.18 Å². The van der Waals surface area contributed by atoms with Crippen LogP contribution in [-0.4, -0.2) is 16.4 Å². The number of hydrogen-bond acceptors (Lipinski definition) is 2. The van der Waals surface area contributed by atoms with Crippen LogP contribution in [0.2, 0.25) is 0 Å². The van der Waals surface area contributed by atoms with E-state index in [2.05, 4.69) is 5.32 Å². The van der Waals surface area contributed by atoms with E-state index in [9.17, 15) is 22.8 Å². The number of benzene rings is 1. The zero-order valence-corrected chi connectivity index (χ0v) is 11.5. The summed E-state index contributed by atoms with van der Waals surface area (Å²) in [5, 5.41) is 2.55. The summed E-state index contributed by atoms with van der Waals surface area (Å²) >= 11 is 5.35. The van der Waals surface area contributed by atoms with Crippen LogP contribution in [-0.2, 0) is 18.0 Å². The lowest BCUT2D eigenvalue weighted by Crippen LogP contribution is -2.20. The number of pyridine rings is 1. The zero-order chi connectivity index (χ0) is 15.8. The van der Waals surface area contributed by atoms with Gasteiger partial charge in [0.05, 0.1) is 5.52 Å². The van der Waals surface area contributed by atoms with Crippen molar-refractivity contribution >= 4 is 34.1 Å². The molecule has 2 rings (SSSR count). The Labute approximate surface area is 122 Å². The largest absolute Gasteiger partial charge is 0.431 e. The zero-order valence-electron chi connectivity index (χ0n) is 10.8. The van der Waals surface area contributed by atoms with E-state index in [1.54, 1.807) is 0 Å². The Hall–Kier alpha value is -2.02. The van der Waals surface area contributed by atoms with Crippen molar-refractivity contribution in [3.8, 4) is 0 Å². The molecule has 112 valence electrons. The van der Waals surface area contributed by atoms with E-state index in [-0.39, 0.29) is 22.5 Å². The van der Waals surface area contributed by atoms with Crippen molar-refractivity contribution in [3.05, 3.63) is 40.2 Å². The number of rotatable bonds is 2. The molecule has 1 heterocycles. The van der Waals surface area contributed by atoms with Gasteiger partial charge in [-0.05, 0) is 18.2 Å². The number of alkyl halides is 4. The Morgan fingerprint density at radius 3 is 2.57 bits per heavy atom. The molecular formula is C13H10ClF3N2O2. The lowest BCUT2D eigenvalue weighted by molar-refractivity contribution is -0.143. The molecule has 4 nitrogen and oxygen atoms in total. The quantitative estimate of drug-likeness (QED) is 0.866. The number of halogens is 4. The number of carbonyl (C=O) groups is 1. The smallest absolute Gasteiger partial charge is 0.340 e. The minimum absolute atomic E-state index is 0.0715. The topological polar surface area (TPSA) is 51.1 Å². The summed E-state index contributed by atoms with van der Waals surface area (Å²) in [6, 6.07) is 4.65. The third-order valence-electron chi connectivity index (χ3n) is 2.95. The van der Waals surface area contributed by atoms with E-state index in [1.165, 1.54) is 25.2 Å². The summed E-state index contributed by atoms with van der Waals surface area (Å²) in [7, 11) is 1.21. The van der Waals surface area contributed by atoms with Gasteiger partial charge in [-0.2, -0.15) is 13.2 Å². The fourth-order valence-corrected chi connectivity index (χ4v) is 2.06. The van der Waals surface area contributed by atoms with Crippen LogP contribution in [0.25, 0.3) is 10.9 Å². The number of hydrogen-bond donors (Lipinski definition) is 1. The monoisotopic (exact) mass is 318 g/mol. The van der Waals surface area contributed by atoms with Gasteiger partial charge in [0.25, 0.3) is 0 Å². The Balaban J connectivity index is 2.67. The molecule has 0 bridgehead atoms. The molecule has 0 fully saturated rings. The molecule has 0 aliphatic carbocycles. The second-order valence-corrected chi connectivity index (χ2v) is 4.63. The number of aryl methyl sites for hydroxylation is 1. The molecule has 2 aromatic rings. The van der Waals surface area contributed by atoms with Gasteiger partial charge in [0.1, 0.15) is 11.6 Å². The molecule has 0 spiro atoms. The molecule has 21 heavy (non-hydrogen) atoms. The minimum atomic E-state index is -4.64. The standard InChI is InChI=1S/C13H10ClF3N2O2/c1-19-9-4-7(18-12(21)6-14)2-3-8(9)10(20)5-11(19)13(15,16)17/h2-5H,6H2,1H3,(H,18,21). The van der Waals surface area contributed by atoms with Gasteiger partial charge in [-0.25, -0.2) is 0 Å². The number of nitrogens with zero attached hydrogens (tertiary/aromatic N) is 1. The number of nitrogens with one attached hydrogen (secondary N) is 1. The average Bonchev–Trinajstić information content (AvgIpc) is 2.41. The van der Waals surface area contributed by atoms with Crippen molar-refractivity contribution in [2.24, 2.45) is 7.05 Å². The SMILES string of the molecule is Cn1c(C(F)(F)F)cc(=O)c2ccc(NC(=O)CCl)cc21. The number of amides is 1. The molecule has 0 radical (unpaired) electrons. The lowest BCUT2D eigenvalue weighted by atomic mass is 10.1. The van der Waals surface area contributed by atoms with Crippen LogP contribution in [0.4, 0.5) is 18.9 Å². The summed E-state index contributed by atoms with van der Waals surface area (Å²) in [6.45, 7) is 0. The molecule has 1 aromatic heterocycles. The average molecular weight is 319 g/mol. The van der Waals surface area contributed by atoms with Crippen LogP contribution in [0.3, 0.4) is 0 Å². The first-order chi connectivity index (χ1) is 9.74. The maximum Gasteiger partial charge on any atom is 0.431 e. The van der Waals surface area contributed by atoms with Crippen molar-refractivity contribution in [3.63, 3.8) is 0 Å². The Kier molecular flexibility index (Phi) is 3.95. The van der Waals surface area contributed by atoms with Crippen LogP contribution in [0.15, 0.2) is 29.1 Å². The number of carbonyl (C=O) groups excluding carboxylic acids is 1. The molecule has 0 aliphatic heterocycles. The number of aromatic nitrogens is 1. The van der Waals surface area contributed by atoms with Gasteiger partial charge in [-0.3, -0.25) is 9.59 Å². The van der Waals surface area contributed by atoms with Gasteiger partial charge >= 0.3 is 6.18 Å². The second kappa shape index (κ2) is 5.40. The predicted molar refractivity (Wildman–Crippen MR) is 73.5 cm³/mol. The summed E-state index contributed by atoms with van der Waals surface area (Å²) in [4.78, 5) is 23.0. The summed E-state index contributed by atoms with van der Waals surface area (Å²) in [5.41, 5.74) is -1.45. The van der Waals surface area contributed by atoms with E-state index < -0.39 is 23.2 Å². The first kappa shape index (κ1) is 15.4. The molecule has 1 aromatic carbocycles. The second-order valence-electron chi connectivity index (χ2n) is 4.36. The predicted octanol–water partition coefficient (Wildman–Crippen LogP) is 2.73. The fourth-order valence-electron chi connectivity index (χ4n) is 1.99. The molecule has 8 heteroatoms. The van der Waals surface area contributed by atoms with Crippen molar-refractivity contribution in [1.29, 1.82) is 0 Å². The van der Waals surface area contributed by atoms with Crippen molar-refractivity contribution < 1.29 is 18.0 Å². The molecule has 0 saturated carbocycles. The van der Waals surface area contributed by atoms with Gasteiger partial charge < -0.3 is 9.88 Å². The van der Waals surface area contributed by atoms with Gasteiger partial charge in [0, 0.05) is 24.2 Å². The van der Waals surface area contributed by atoms with Gasteiger partial charge in [-0.1, -0.05) is 0 Å². The third-order valence-corrected chi connectivity index (χ3v) is 3.19. The van der Waals surface area contributed by atoms with Gasteiger partial charge in [0.2, 0.25) is 5.91 Å². The lowest BCUT2D eigenvalue weighted by Gasteiger charge is -2.15. The fraction of sp³-hybridized carbons (Fsp3) is 0.231. The Morgan fingerprint density at radius 2 is 2.00 bits per heavy atom. The summed E-state index contributed by atoms with van der Waals surface area (Å²) < 4.78 is 39.5. The maximum atomic E-state index is 12.9. The Morgan fingerprint density at radius 1 is 1.33 bits per heavy atom. The number of fused-ring (bicyclic) bond motifs is 1. The molecule has 1 N–H and O–H groups in total. The third kappa shape index (κ3) is 3.02. The molecule has 1 amide bonds. The molecule has 0 saturated heterocycles. The van der Waals surface area contributed by atoms with E-state index >= 15 is 0 Å². The minimum Gasteiger partial charge on any atom is -0.340 e. The normalized spacial score (nSPS) is 11.7. The van der Waals surface area contributed by atoms with E-state index in [0.29, 0.717) is 6.07 Å². The molecule has 0 aliphatic rings. The highest BCUT2D eigenvalue weighted by molar-refractivity contribution is 6.29. The van der Waals surface area contributed by atoms with E-state index in [1.807, 2.05) is 0 Å². The summed E-state index contributed by atoms with van der Waals surface area (Å²) in [6.07, 6.45) is -4.64. The Bertz CT molecular complexity index is 768. The summed E-state index contributed by atoms with van der Waals surface area (Å²) in [5.74, 6) is -0.771. The van der Waals surface area contributed by atoms with Crippen molar-refractivity contribution in [1.82, 2.24) is 4.57 Å². The van der Waals surface area contributed by atoms with E-state index in [0.717, 1.165) is 4.57 Å². The molecule has 0 atom stereocenters. The van der Waals surface area contributed by atoms with Gasteiger partial charge in [0.15, 0.2) is 5.43 Å². The highest BCUT2D eigenvalue weighted by Gasteiger charge is 2.34. The highest BCUT2D eigenvalue weighted by atomic mass is 35.5. The number of anilines is 1. The maximum absolute atomic E-state index is 12.9. The first-order valence-corrected chi connectivity index (χ1v) is 6.34. The van der Waals surface area contributed by atoms with Crippen LogP contribution >= 0.6 is 11.6 Å². The van der Waals surface area contributed by atoms with Crippen molar-refractivity contribution in [2.75, 3.05) is 11.2 Å². The molecular weight excluding hydrogens is 309 g/mol. The highest BCUT2D eigenvalue weighted by Crippen LogP contribution is 2.30. The van der Waals surface area contributed by atoms with Crippen LogP contribution in [0.5, 0.6) is 0 Å². The van der Waals surface area contributed by atoms with Crippen LogP contribution in [0.1, 0.15) is 5.69 Å². The first-order valence-electron chi connectivity index (χ1n) is 5.81. The van der Waals surface area contributed by atoms with E-state index in [4.69, 9.17) is 11.6 Å². The molecule has 0 unspecified atom stereocenters. The van der Waals surface area contributed by atoms with Crippen LogP contribution < -0.4 is 10.7 Å².